The number of rotatable bonds is 10. The van der Waals surface area contributed by atoms with Crippen molar-refractivity contribution in [3.05, 3.63) is 23.8 Å². The van der Waals surface area contributed by atoms with Crippen LogP contribution in [0.25, 0.3) is 0 Å². The van der Waals surface area contributed by atoms with Gasteiger partial charge in [-0.25, -0.2) is 5.43 Å². The minimum atomic E-state index is -0.0865. The van der Waals surface area contributed by atoms with Gasteiger partial charge in [-0.05, 0) is 32.4 Å². The SMILES string of the molecule is CCCCCCC(=O)N/N=C/c1ccc(N(CC)CC)cc1O. The van der Waals surface area contributed by atoms with E-state index in [1.165, 1.54) is 6.21 Å². The third kappa shape index (κ3) is 6.72. The number of aromatic hydroxyl groups is 1. The van der Waals surface area contributed by atoms with Crippen LogP contribution in [0.1, 0.15) is 58.4 Å². The number of nitrogens with zero attached hydrogens (tertiary/aromatic N) is 2. The molecule has 0 fully saturated rings. The molecule has 23 heavy (non-hydrogen) atoms. The van der Waals surface area contributed by atoms with E-state index in [0.717, 1.165) is 44.5 Å². The van der Waals surface area contributed by atoms with Gasteiger partial charge in [-0.15, -0.1) is 0 Å². The number of anilines is 1. The summed E-state index contributed by atoms with van der Waals surface area (Å²) in [6.07, 6.45) is 6.24. The molecular weight excluding hydrogens is 290 g/mol. The highest BCUT2D eigenvalue weighted by molar-refractivity contribution is 5.86. The summed E-state index contributed by atoms with van der Waals surface area (Å²) in [7, 11) is 0. The molecule has 0 aliphatic rings. The summed E-state index contributed by atoms with van der Waals surface area (Å²) in [5, 5.41) is 14.0. The van der Waals surface area contributed by atoms with E-state index in [1.54, 1.807) is 12.1 Å². The van der Waals surface area contributed by atoms with E-state index in [4.69, 9.17) is 0 Å². The van der Waals surface area contributed by atoms with Crippen LogP contribution in [-0.4, -0.2) is 30.3 Å². The molecule has 5 heteroatoms. The Balaban J connectivity index is 2.52. The van der Waals surface area contributed by atoms with Gasteiger partial charge in [0, 0.05) is 36.8 Å². The third-order valence-electron chi connectivity index (χ3n) is 3.79. The number of hydrazone groups is 1. The van der Waals surface area contributed by atoms with Crippen molar-refractivity contribution in [3.8, 4) is 5.75 Å². The second-order valence-electron chi connectivity index (χ2n) is 5.52. The summed E-state index contributed by atoms with van der Waals surface area (Å²) in [4.78, 5) is 13.8. The Morgan fingerprint density at radius 3 is 2.57 bits per heavy atom. The molecule has 0 unspecified atom stereocenters. The Morgan fingerprint density at radius 2 is 1.96 bits per heavy atom. The zero-order valence-electron chi connectivity index (χ0n) is 14.5. The quantitative estimate of drug-likeness (QED) is 0.393. The molecule has 0 saturated heterocycles. The van der Waals surface area contributed by atoms with Gasteiger partial charge in [0.05, 0.1) is 6.21 Å². The average Bonchev–Trinajstić information content (AvgIpc) is 2.55. The number of hydrogen-bond acceptors (Lipinski definition) is 4. The average molecular weight is 319 g/mol. The van der Waals surface area contributed by atoms with Gasteiger partial charge in [0.1, 0.15) is 5.75 Å². The smallest absolute Gasteiger partial charge is 0.240 e. The Hall–Kier alpha value is -2.04. The molecule has 0 heterocycles. The maximum absolute atomic E-state index is 11.6. The summed E-state index contributed by atoms with van der Waals surface area (Å²) in [6.45, 7) is 8.06. The van der Waals surface area contributed by atoms with Crippen LogP contribution in [0.3, 0.4) is 0 Å². The lowest BCUT2D eigenvalue weighted by molar-refractivity contribution is -0.121. The Kier molecular flexibility index (Phi) is 8.80. The number of carbonyl (C=O) groups is 1. The molecule has 0 radical (unpaired) electrons. The second-order valence-corrected chi connectivity index (χ2v) is 5.52. The van der Waals surface area contributed by atoms with Crippen molar-refractivity contribution in [2.45, 2.75) is 52.9 Å². The molecule has 0 aromatic heterocycles. The fourth-order valence-corrected chi connectivity index (χ4v) is 2.37. The molecule has 0 aliphatic carbocycles. The minimum Gasteiger partial charge on any atom is -0.507 e. The van der Waals surface area contributed by atoms with E-state index in [2.05, 4.69) is 36.2 Å². The normalized spacial score (nSPS) is 10.9. The molecule has 128 valence electrons. The first-order chi connectivity index (χ1) is 11.1. The first-order valence-corrected chi connectivity index (χ1v) is 8.52. The highest BCUT2D eigenvalue weighted by atomic mass is 16.3. The van der Waals surface area contributed by atoms with E-state index in [9.17, 15) is 9.90 Å². The van der Waals surface area contributed by atoms with Crippen molar-refractivity contribution in [3.63, 3.8) is 0 Å². The number of carbonyl (C=O) groups excluding carboxylic acids is 1. The number of amides is 1. The Morgan fingerprint density at radius 1 is 1.22 bits per heavy atom. The first-order valence-electron chi connectivity index (χ1n) is 8.52. The summed E-state index contributed by atoms with van der Waals surface area (Å²) in [5.41, 5.74) is 4.07. The molecular formula is C18H29N3O2. The zero-order chi connectivity index (χ0) is 17.1. The van der Waals surface area contributed by atoms with Crippen LogP contribution in [0, 0.1) is 0 Å². The number of unbranched alkanes of at least 4 members (excludes halogenated alkanes) is 3. The monoisotopic (exact) mass is 319 g/mol. The van der Waals surface area contributed by atoms with Crippen molar-refractivity contribution in [2.75, 3.05) is 18.0 Å². The van der Waals surface area contributed by atoms with Gasteiger partial charge in [-0.1, -0.05) is 26.2 Å². The van der Waals surface area contributed by atoms with Crippen molar-refractivity contribution < 1.29 is 9.90 Å². The summed E-state index contributed by atoms with van der Waals surface area (Å²) >= 11 is 0. The topological polar surface area (TPSA) is 64.9 Å². The molecule has 0 aliphatic heterocycles. The fraction of sp³-hybridized carbons (Fsp3) is 0.556. The molecule has 1 rings (SSSR count). The van der Waals surface area contributed by atoms with Crippen molar-refractivity contribution in [1.29, 1.82) is 0 Å². The molecule has 1 amide bonds. The summed E-state index contributed by atoms with van der Waals surface area (Å²) in [5.74, 6) is 0.0759. The second kappa shape index (κ2) is 10.6. The molecule has 0 spiro atoms. The predicted molar refractivity (Wildman–Crippen MR) is 96.2 cm³/mol. The zero-order valence-corrected chi connectivity index (χ0v) is 14.5. The number of phenols is 1. The lowest BCUT2D eigenvalue weighted by atomic mass is 10.1. The predicted octanol–water partition coefficient (Wildman–Crippen LogP) is 3.66. The Labute approximate surface area is 139 Å². The molecule has 0 atom stereocenters. The van der Waals surface area contributed by atoms with Crippen molar-refractivity contribution in [1.82, 2.24) is 5.43 Å². The van der Waals surface area contributed by atoms with Crippen LogP contribution in [-0.2, 0) is 4.79 Å². The summed E-state index contributed by atoms with van der Waals surface area (Å²) < 4.78 is 0. The lowest BCUT2D eigenvalue weighted by Crippen LogP contribution is -2.21. The van der Waals surface area contributed by atoms with Gasteiger partial charge >= 0.3 is 0 Å². The van der Waals surface area contributed by atoms with E-state index in [0.29, 0.717) is 12.0 Å². The standard InChI is InChI=1S/C18H29N3O2/c1-4-7-8-9-10-18(23)20-19-14-15-11-12-16(13-17(15)22)21(5-2)6-3/h11-14,22H,4-10H2,1-3H3,(H,20,23)/b19-14+. The van der Waals surface area contributed by atoms with Gasteiger partial charge in [-0.2, -0.15) is 5.10 Å². The molecule has 1 aromatic carbocycles. The van der Waals surface area contributed by atoms with Crippen LogP contribution in [0.4, 0.5) is 5.69 Å². The van der Waals surface area contributed by atoms with Gasteiger partial charge in [0.15, 0.2) is 0 Å². The summed E-state index contributed by atoms with van der Waals surface area (Å²) in [6, 6.07) is 5.47. The molecule has 2 N–H and O–H groups in total. The van der Waals surface area contributed by atoms with Gasteiger partial charge in [0.2, 0.25) is 5.91 Å². The van der Waals surface area contributed by atoms with E-state index in [1.807, 2.05) is 6.07 Å². The van der Waals surface area contributed by atoms with Gasteiger partial charge in [-0.3, -0.25) is 4.79 Å². The molecule has 1 aromatic rings. The number of hydrogen-bond donors (Lipinski definition) is 2. The first kappa shape index (κ1) is 19.0. The minimum absolute atomic E-state index is 0.0865. The number of benzene rings is 1. The molecule has 0 saturated carbocycles. The molecule has 0 bridgehead atoms. The molecule has 5 nitrogen and oxygen atoms in total. The van der Waals surface area contributed by atoms with Crippen LogP contribution < -0.4 is 10.3 Å². The highest BCUT2D eigenvalue weighted by Crippen LogP contribution is 2.23. The van der Waals surface area contributed by atoms with Crippen molar-refractivity contribution >= 4 is 17.8 Å². The van der Waals surface area contributed by atoms with E-state index < -0.39 is 0 Å². The number of nitrogens with one attached hydrogen (secondary N) is 1. The van der Waals surface area contributed by atoms with Crippen LogP contribution >= 0.6 is 0 Å². The fourth-order valence-electron chi connectivity index (χ4n) is 2.37. The number of phenolic OH excluding ortho intramolecular Hbond substituents is 1. The van der Waals surface area contributed by atoms with E-state index >= 15 is 0 Å². The van der Waals surface area contributed by atoms with Crippen LogP contribution in [0.5, 0.6) is 5.75 Å². The highest BCUT2D eigenvalue weighted by Gasteiger charge is 2.05. The lowest BCUT2D eigenvalue weighted by Gasteiger charge is -2.21. The van der Waals surface area contributed by atoms with Gasteiger partial charge < -0.3 is 10.0 Å². The Bertz CT molecular complexity index is 511. The van der Waals surface area contributed by atoms with E-state index in [-0.39, 0.29) is 11.7 Å². The van der Waals surface area contributed by atoms with Crippen LogP contribution in [0.2, 0.25) is 0 Å². The van der Waals surface area contributed by atoms with Gasteiger partial charge in [0.25, 0.3) is 0 Å². The third-order valence-corrected chi connectivity index (χ3v) is 3.79. The maximum atomic E-state index is 11.6. The van der Waals surface area contributed by atoms with Crippen molar-refractivity contribution in [2.24, 2.45) is 5.10 Å². The van der Waals surface area contributed by atoms with Crippen LogP contribution in [0.15, 0.2) is 23.3 Å². The maximum Gasteiger partial charge on any atom is 0.240 e. The largest absolute Gasteiger partial charge is 0.507 e.